The second-order valence-electron chi connectivity index (χ2n) is 3.78. The third-order valence-corrected chi connectivity index (χ3v) is 3.76. The zero-order valence-corrected chi connectivity index (χ0v) is 8.80. The molecule has 1 aliphatic carbocycles. The van der Waals surface area contributed by atoms with E-state index in [0.29, 0.717) is 6.42 Å². The molecule has 14 heavy (non-hydrogen) atoms. The van der Waals surface area contributed by atoms with Gasteiger partial charge < -0.3 is 5.11 Å². The Labute approximate surface area is 87.6 Å². The lowest BCUT2D eigenvalue weighted by molar-refractivity contribution is -0.128. The van der Waals surface area contributed by atoms with Crippen LogP contribution in [0.4, 0.5) is 0 Å². The highest BCUT2D eigenvalue weighted by atomic mass is 32.1. The fraction of sp³-hybridized carbons (Fsp3) is 0.545. The maximum Gasteiger partial charge on any atom is 0.138 e. The predicted octanol–water partition coefficient (Wildman–Crippen LogP) is 2.54. The summed E-state index contributed by atoms with van der Waals surface area (Å²) in [6.45, 7) is 0. The zero-order valence-electron chi connectivity index (χ0n) is 7.98. The Kier molecular flexibility index (Phi) is 2.99. The van der Waals surface area contributed by atoms with E-state index in [2.05, 4.69) is 0 Å². The molecular weight excluding hydrogens is 196 g/mol. The third-order valence-electron chi connectivity index (χ3n) is 2.82. The van der Waals surface area contributed by atoms with Crippen LogP contribution in [0.1, 0.15) is 36.7 Å². The van der Waals surface area contributed by atoms with E-state index in [1.165, 1.54) is 11.3 Å². The van der Waals surface area contributed by atoms with Crippen LogP contribution < -0.4 is 0 Å². The molecule has 2 atom stereocenters. The van der Waals surface area contributed by atoms with Gasteiger partial charge in [0, 0.05) is 17.2 Å². The SMILES string of the molecule is O=C1CCCCC1C(O)c1cccs1. The number of hydrogen-bond donors (Lipinski definition) is 1. The van der Waals surface area contributed by atoms with Gasteiger partial charge in [0.05, 0.1) is 6.10 Å². The molecule has 1 heterocycles. The number of thiophene rings is 1. The van der Waals surface area contributed by atoms with Crippen molar-refractivity contribution in [2.24, 2.45) is 5.92 Å². The van der Waals surface area contributed by atoms with Gasteiger partial charge in [0.15, 0.2) is 0 Å². The van der Waals surface area contributed by atoms with Gasteiger partial charge in [-0.05, 0) is 24.3 Å². The van der Waals surface area contributed by atoms with Gasteiger partial charge in [0.1, 0.15) is 5.78 Å². The maximum absolute atomic E-state index is 11.6. The third kappa shape index (κ3) is 1.88. The van der Waals surface area contributed by atoms with Gasteiger partial charge in [-0.2, -0.15) is 0 Å². The summed E-state index contributed by atoms with van der Waals surface area (Å²) in [6, 6.07) is 3.81. The lowest BCUT2D eigenvalue weighted by Gasteiger charge is -2.24. The first kappa shape index (κ1) is 9.87. The summed E-state index contributed by atoms with van der Waals surface area (Å²) in [7, 11) is 0. The molecule has 1 aromatic heterocycles. The van der Waals surface area contributed by atoms with Gasteiger partial charge in [-0.1, -0.05) is 12.5 Å². The molecule has 0 bridgehead atoms. The zero-order chi connectivity index (χ0) is 9.97. The van der Waals surface area contributed by atoms with Gasteiger partial charge in [0.2, 0.25) is 0 Å². The number of aliphatic hydroxyl groups excluding tert-OH is 1. The quantitative estimate of drug-likeness (QED) is 0.814. The van der Waals surface area contributed by atoms with E-state index in [9.17, 15) is 9.90 Å². The lowest BCUT2D eigenvalue weighted by Crippen LogP contribution is -2.25. The molecule has 0 amide bonds. The molecule has 76 valence electrons. The Hall–Kier alpha value is -0.670. The van der Waals surface area contributed by atoms with Crippen molar-refractivity contribution < 1.29 is 9.90 Å². The smallest absolute Gasteiger partial charge is 0.138 e. The van der Waals surface area contributed by atoms with E-state index < -0.39 is 6.10 Å². The van der Waals surface area contributed by atoms with Gasteiger partial charge in [-0.3, -0.25) is 4.79 Å². The van der Waals surface area contributed by atoms with E-state index >= 15 is 0 Å². The van der Waals surface area contributed by atoms with Crippen molar-refractivity contribution in [3.63, 3.8) is 0 Å². The number of aliphatic hydroxyl groups is 1. The van der Waals surface area contributed by atoms with E-state index in [1.807, 2.05) is 17.5 Å². The first-order valence-electron chi connectivity index (χ1n) is 5.03. The number of Topliss-reactive ketones (excluding diaryl/α,β-unsaturated/α-hetero) is 1. The van der Waals surface area contributed by atoms with E-state index in [1.54, 1.807) is 0 Å². The van der Waals surface area contributed by atoms with Crippen LogP contribution in [-0.4, -0.2) is 10.9 Å². The fourth-order valence-electron chi connectivity index (χ4n) is 2.00. The number of carbonyl (C=O) groups is 1. The molecule has 0 saturated heterocycles. The Morgan fingerprint density at radius 1 is 1.50 bits per heavy atom. The van der Waals surface area contributed by atoms with E-state index in [4.69, 9.17) is 0 Å². The Balaban J connectivity index is 2.10. The molecule has 0 spiro atoms. The average Bonchev–Trinajstić information content (AvgIpc) is 2.70. The normalized spacial score (nSPS) is 24.9. The second-order valence-corrected chi connectivity index (χ2v) is 4.76. The summed E-state index contributed by atoms with van der Waals surface area (Å²) in [5.74, 6) is 0.0829. The van der Waals surface area contributed by atoms with Crippen LogP contribution in [0.25, 0.3) is 0 Å². The van der Waals surface area contributed by atoms with Crippen molar-refractivity contribution in [2.45, 2.75) is 31.8 Å². The fourth-order valence-corrected chi connectivity index (χ4v) is 2.78. The minimum atomic E-state index is -0.567. The largest absolute Gasteiger partial charge is 0.387 e. The topological polar surface area (TPSA) is 37.3 Å². The summed E-state index contributed by atoms with van der Waals surface area (Å²) in [4.78, 5) is 12.5. The highest BCUT2D eigenvalue weighted by Gasteiger charge is 2.30. The summed E-state index contributed by atoms with van der Waals surface area (Å²) in [5.41, 5.74) is 0. The van der Waals surface area contributed by atoms with E-state index in [-0.39, 0.29) is 11.7 Å². The van der Waals surface area contributed by atoms with Gasteiger partial charge in [-0.25, -0.2) is 0 Å². The highest BCUT2D eigenvalue weighted by molar-refractivity contribution is 7.10. The summed E-state index contributed by atoms with van der Waals surface area (Å²) < 4.78 is 0. The molecule has 1 aromatic rings. The monoisotopic (exact) mass is 210 g/mol. The van der Waals surface area contributed by atoms with Gasteiger partial charge in [-0.15, -0.1) is 11.3 Å². The molecule has 1 aliphatic rings. The van der Waals surface area contributed by atoms with Crippen molar-refractivity contribution in [3.8, 4) is 0 Å². The van der Waals surface area contributed by atoms with Crippen LogP contribution >= 0.6 is 11.3 Å². The first-order valence-corrected chi connectivity index (χ1v) is 5.91. The summed E-state index contributed by atoms with van der Waals surface area (Å²) in [5, 5.41) is 11.9. The molecule has 1 saturated carbocycles. The van der Waals surface area contributed by atoms with Crippen LogP contribution in [0, 0.1) is 5.92 Å². The van der Waals surface area contributed by atoms with Crippen LogP contribution in [0.3, 0.4) is 0 Å². The van der Waals surface area contributed by atoms with Crippen molar-refractivity contribution >= 4 is 17.1 Å². The van der Waals surface area contributed by atoms with Crippen molar-refractivity contribution in [1.29, 1.82) is 0 Å². The number of hydrogen-bond acceptors (Lipinski definition) is 3. The molecule has 0 aliphatic heterocycles. The van der Waals surface area contributed by atoms with Crippen molar-refractivity contribution in [1.82, 2.24) is 0 Å². The van der Waals surface area contributed by atoms with Crippen LogP contribution in [0.2, 0.25) is 0 Å². The van der Waals surface area contributed by atoms with Crippen LogP contribution in [0.5, 0.6) is 0 Å². The predicted molar refractivity (Wildman–Crippen MR) is 56.2 cm³/mol. The Morgan fingerprint density at radius 3 is 3.00 bits per heavy atom. The molecule has 2 unspecified atom stereocenters. The lowest BCUT2D eigenvalue weighted by atomic mass is 9.83. The number of ketones is 1. The number of carbonyl (C=O) groups excluding carboxylic acids is 1. The van der Waals surface area contributed by atoms with Crippen LogP contribution in [0.15, 0.2) is 17.5 Å². The van der Waals surface area contributed by atoms with Crippen molar-refractivity contribution in [2.75, 3.05) is 0 Å². The van der Waals surface area contributed by atoms with E-state index in [0.717, 1.165) is 24.1 Å². The first-order chi connectivity index (χ1) is 6.79. The standard InChI is InChI=1S/C11H14O2S/c12-9-5-2-1-4-8(9)11(13)10-6-3-7-14-10/h3,6-8,11,13H,1-2,4-5H2. The molecule has 3 heteroatoms. The molecule has 1 N–H and O–H groups in total. The van der Waals surface area contributed by atoms with Crippen molar-refractivity contribution in [3.05, 3.63) is 22.4 Å². The molecule has 2 nitrogen and oxygen atoms in total. The summed E-state index contributed by atoms with van der Waals surface area (Å²) >= 11 is 1.52. The average molecular weight is 210 g/mol. The minimum absolute atomic E-state index is 0.151. The molecule has 0 aromatic carbocycles. The Morgan fingerprint density at radius 2 is 2.36 bits per heavy atom. The molecule has 1 fully saturated rings. The highest BCUT2D eigenvalue weighted by Crippen LogP contribution is 2.33. The molecule has 2 rings (SSSR count). The van der Waals surface area contributed by atoms with Gasteiger partial charge in [0.25, 0.3) is 0 Å². The van der Waals surface area contributed by atoms with Crippen LogP contribution in [-0.2, 0) is 4.79 Å². The Bertz CT molecular complexity index is 305. The maximum atomic E-state index is 11.6. The molecular formula is C11H14O2S. The van der Waals surface area contributed by atoms with Gasteiger partial charge >= 0.3 is 0 Å². The second kappa shape index (κ2) is 4.24. The minimum Gasteiger partial charge on any atom is -0.387 e. The molecule has 0 radical (unpaired) electrons. The number of rotatable bonds is 2. The summed E-state index contributed by atoms with van der Waals surface area (Å²) in [6.07, 6.45) is 2.99.